The van der Waals surface area contributed by atoms with Crippen molar-refractivity contribution in [2.24, 2.45) is 5.92 Å². The van der Waals surface area contributed by atoms with Crippen LogP contribution < -0.4 is 5.32 Å². The summed E-state index contributed by atoms with van der Waals surface area (Å²) in [6.07, 6.45) is 4.72. The predicted octanol–water partition coefficient (Wildman–Crippen LogP) is 2.57. The average Bonchev–Trinajstić information content (AvgIpc) is 3.22. The van der Waals surface area contributed by atoms with Gasteiger partial charge in [0, 0.05) is 38.3 Å². The van der Waals surface area contributed by atoms with Crippen LogP contribution in [0.5, 0.6) is 0 Å². The third-order valence-electron chi connectivity index (χ3n) is 5.35. The number of carbonyl (C=O) groups is 3. The van der Waals surface area contributed by atoms with Crippen LogP contribution >= 0.6 is 0 Å². The number of piperidine rings is 1. The average molecular weight is 373 g/mol. The maximum atomic E-state index is 12.4. The number of amides is 3. The Balaban J connectivity index is 1.47. The van der Waals surface area contributed by atoms with Crippen molar-refractivity contribution in [2.75, 3.05) is 31.5 Å². The van der Waals surface area contributed by atoms with Gasteiger partial charge in [-0.15, -0.1) is 0 Å². The maximum Gasteiger partial charge on any atom is 0.321 e. The van der Waals surface area contributed by atoms with E-state index < -0.39 is 11.9 Å². The molecule has 0 spiro atoms. The molecule has 0 aliphatic carbocycles. The number of carboxylic acid groups (broad SMARTS) is 1. The van der Waals surface area contributed by atoms with Gasteiger partial charge in [0.25, 0.3) is 0 Å². The van der Waals surface area contributed by atoms with E-state index in [-0.39, 0.29) is 18.5 Å². The van der Waals surface area contributed by atoms with Crippen molar-refractivity contribution < 1.29 is 19.5 Å². The van der Waals surface area contributed by atoms with E-state index in [1.165, 1.54) is 0 Å². The first kappa shape index (κ1) is 19.2. The SMILES string of the molecule is O=C(O)C1CCCN(C(=O)Nc2ccc(CCC(=O)N3CCCC3)cc2)C1. The molecule has 0 saturated carbocycles. The van der Waals surface area contributed by atoms with Crippen molar-refractivity contribution in [2.45, 2.75) is 38.5 Å². The molecule has 7 heteroatoms. The first-order chi connectivity index (χ1) is 13.0. The summed E-state index contributed by atoms with van der Waals surface area (Å²) in [5.41, 5.74) is 1.73. The monoisotopic (exact) mass is 373 g/mol. The van der Waals surface area contributed by atoms with Gasteiger partial charge in [-0.2, -0.15) is 0 Å². The van der Waals surface area contributed by atoms with Gasteiger partial charge in [-0.3, -0.25) is 9.59 Å². The van der Waals surface area contributed by atoms with Gasteiger partial charge in [0.1, 0.15) is 0 Å². The van der Waals surface area contributed by atoms with Crippen molar-refractivity contribution in [3.8, 4) is 0 Å². The number of anilines is 1. The number of nitrogens with zero attached hydrogens (tertiary/aromatic N) is 2. The maximum absolute atomic E-state index is 12.4. The fourth-order valence-corrected chi connectivity index (χ4v) is 3.70. The molecule has 7 nitrogen and oxygen atoms in total. The highest BCUT2D eigenvalue weighted by Crippen LogP contribution is 2.19. The summed E-state index contributed by atoms with van der Waals surface area (Å²) >= 11 is 0. The number of rotatable bonds is 5. The highest BCUT2D eigenvalue weighted by atomic mass is 16.4. The lowest BCUT2D eigenvalue weighted by atomic mass is 9.99. The van der Waals surface area contributed by atoms with Gasteiger partial charge >= 0.3 is 12.0 Å². The third kappa shape index (κ3) is 5.21. The molecule has 1 aromatic carbocycles. The Hall–Kier alpha value is -2.57. The highest BCUT2D eigenvalue weighted by Gasteiger charge is 2.28. The van der Waals surface area contributed by atoms with Crippen LogP contribution in [0.25, 0.3) is 0 Å². The Morgan fingerprint density at radius 2 is 1.67 bits per heavy atom. The van der Waals surface area contributed by atoms with Gasteiger partial charge in [0.2, 0.25) is 5.91 Å². The van der Waals surface area contributed by atoms with Crippen molar-refractivity contribution in [1.29, 1.82) is 0 Å². The van der Waals surface area contributed by atoms with Crippen LogP contribution in [0, 0.1) is 5.92 Å². The molecule has 2 aliphatic rings. The van der Waals surface area contributed by atoms with Gasteiger partial charge in [0.05, 0.1) is 5.92 Å². The fourth-order valence-electron chi connectivity index (χ4n) is 3.70. The quantitative estimate of drug-likeness (QED) is 0.830. The molecule has 146 valence electrons. The van der Waals surface area contributed by atoms with E-state index in [1.54, 1.807) is 4.90 Å². The largest absolute Gasteiger partial charge is 0.481 e. The number of likely N-dealkylation sites (tertiary alicyclic amines) is 2. The van der Waals surface area contributed by atoms with Crippen molar-refractivity contribution in [3.63, 3.8) is 0 Å². The van der Waals surface area contributed by atoms with Gasteiger partial charge in [-0.25, -0.2) is 4.79 Å². The molecule has 3 amide bonds. The van der Waals surface area contributed by atoms with E-state index in [1.807, 2.05) is 29.2 Å². The Kier molecular flexibility index (Phi) is 6.32. The summed E-state index contributed by atoms with van der Waals surface area (Å²) in [5, 5.41) is 12.0. The molecular formula is C20H27N3O4. The zero-order valence-corrected chi connectivity index (χ0v) is 15.5. The van der Waals surface area contributed by atoms with Gasteiger partial charge in [-0.1, -0.05) is 12.1 Å². The van der Waals surface area contributed by atoms with Crippen LogP contribution in [0.2, 0.25) is 0 Å². The second kappa shape index (κ2) is 8.88. The molecule has 3 rings (SSSR count). The summed E-state index contributed by atoms with van der Waals surface area (Å²) < 4.78 is 0. The molecule has 0 aromatic heterocycles. The number of hydrogen-bond acceptors (Lipinski definition) is 3. The lowest BCUT2D eigenvalue weighted by molar-refractivity contribution is -0.143. The van der Waals surface area contributed by atoms with E-state index in [9.17, 15) is 14.4 Å². The van der Waals surface area contributed by atoms with Crippen LogP contribution in [0.4, 0.5) is 10.5 Å². The number of aryl methyl sites for hydroxylation is 1. The van der Waals surface area contributed by atoms with Crippen molar-refractivity contribution in [1.82, 2.24) is 9.80 Å². The van der Waals surface area contributed by atoms with E-state index in [0.29, 0.717) is 37.9 Å². The molecule has 2 N–H and O–H groups in total. The smallest absolute Gasteiger partial charge is 0.321 e. The van der Waals surface area contributed by atoms with Gasteiger partial charge in [-0.05, 0) is 49.8 Å². The van der Waals surface area contributed by atoms with Crippen LogP contribution in [-0.4, -0.2) is 59.0 Å². The molecule has 27 heavy (non-hydrogen) atoms. The first-order valence-corrected chi connectivity index (χ1v) is 9.68. The molecule has 1 aromatic rings. The minimum Gasteiger partial charge on any atom is -0.481 e. The fraction of sp³-hybridized carbons (Fsp3) is 0.550. The Morgan fingerprint density at radius 3 is 2.33 bits per heavy atom. The molecule has 0 radical (unpaired) electrons. The lowest BCUT2D eigenvalue weighted by Gasteiger charge is -2.30. The summed E-state index contributed by atoms with van der Waals surface area (Å²) in [6.45, 7) is 2.58. The van der Waals surface area contributed by atoms with Crippen molar-refractivity contribution in [3.05, 3.63) is 29.8 Å². The van der Waals surface area contributed by atoms with Gasteiger partial charge < -0.3 is 20.2 Å². The van der Waals surface area contributed by atoms with Crippen LogP contribution in [0.15, 0.2) is 24.3 Å². The number of aliphatic carboxylic acids is 1. The van der Waals surface area contributed by atoms with Crippen LogP contribution in [-0.2, 0) is 16.0 Å². The van der Waals surface area contributed by atoms with Gasteiger partial charge in [0.15, 0.2) is 0 Å². The minimum absolute atomic E-state index is 0.211. The molecular weight excluding hydrogens is 346 g/mol. The van der Waals surface area contributed by atoms with E-state index >= 15 is 0 Å². The third-order valence-corrected chi connectivity index (χ3v) is 5.35. The first-order valence-electron chi connectivity index (χ1n) is 9.68. The summed E-state index contributed by atoms with van der Waals surface area (Å²) in [6, 6.07) is 7.22. The zero-order valence-electron chi connectivity index (χ0n) is 15.5. The number of hydrogen-bond donors (Lipinski definition) is 2. The number of carbonyl (C=O) groups excluding carboxylic acids is 2. The van der Waals surface area contributed by atoms with E-state index in [2.05, 4.69) is 5.32 Å². The normalized spacial score (nSPS) is 19.8. The molecule has 2 heterocycles. The molecule has 2 fully saturated rings. The second-order valence-electron chi connectivity index (χ2n) is 7.34. The molecule has 0 bridgehead atoms. The Bertz CT molecular complexity index is 683. The predicted molar refractivity (Wildman–Crippen MR) is 102 cm³/mol. The Morgan fingerprint density at radius 1 is 1.00 bits per heavy atom. The number of benzene rings is 1. The zero-order chi connectivity index (χ0) is 19.2. The minimum atomic E-state index is -0.847. The van der Waals surface area contributed by atoms with E-state index in [0.717, 1.165) is 31.5 Å². The molecule has 1 atom stereocenters. The topological polar surface area (TPSA) is 90.0 Å². The Labute approximate surface area is 159 Å². The second-order valence-corrected chi connectivity index (χ2v) is 7.34. The number of urea groups is 1. The van der Waals surface area contributed by atoms with Crippen LogP contribution in [0.1, 0.15) is 37.7 Å². The number of nitrogens with one attached hydrogen (secondary N) is 1. The number of carboxylic acids is 1. The van der Waals surface area contributed by atoms with Crippen LogP contribution in [0.3, 0.4) is 0 Å². The highest BCUT2D eigenvalue weighted by molar-refractivity contribution is 5.89. The van der Waals surface area contributed by atoms with E-state index in [4.69, 9.17) is 5.11 Å². The summed E-state index contributed by atoms with van der Waals surface area (Å²) in [4.78, 5) is 39.1. The summed E-state index contributed by atoms with van der Waals surface area (Å²) in [7, 11) is 0. The lowest BCUT2D eigenvalue weighted by Crippen LogP contribution is -2.44. The molecule has 2 aliphatic heterocycles. The molecule has 1 unspecified atom stereocenters. The van der Waals surface area contributed by atoms with Crippen molar-refractivity contribution >= 4 is 23.6 Å². The summed E-state index contributed by atoms with van der Waals surface area (Å²) in [5.74, 6) is -1.12. The molecule has 2 saturated heterocycles. The standard InChI is InChI=1S/C20H27N3O4/c24-18(22-11-1-2-12-22)10-7-15-5-8-17(9-6-15)21-20(27)23-13-3-4-16(14-23)19(25)26/h5-6,8-9,16H,1-4,7,10-14H2,(H,21,27)(H,25,26).